The normalized spacial score (nSPS) is 18.4. The maximum atomic E-state index is 5.30. The van der Waals surface area contributed by atoms with Crippen molar-refractivity contribution < 1.29 is 0 Å². The number of thiocarbonyl (C=S) groups is 1. The van der Waals surface area contributed by atoms with Crippen LogP contribution in [0.2, 0.25) is 0 Å². The number of hydrogen-bond donors (Lipinski definition) is 2. The Balaban J connectivity index is 2.07. The highest BCUT2D eigenvalue weighted by Crippen LogP contribution is 2.24. The van der Waals surface area contributed by atoms with E-state index in [1.165, 1.54) is 19.3 Å². The third kappa shape index (κ3) is 4.80. The monoisotopic (exact) mass is 321 g/mol. The van der Waals surface area contributed by atoms with Crippen molar-refractivity contribution in [3.63, 3.8) is 0 Å². The summed E-state index contributed by atoms with van der Waals surface area (Å²) in [5.74, 6) is 2.12. The first-order valence-electron chi connectivity index (χ1n) is 8.13. The fourth-order valence-electron chi connectivity index (χ4n) is 2.64. The minimum absolute atomic E-state index is 0.530. The molecule has 22 heavy (non-hydrogen) atoms. The van der Waals surface area contributed by atoms with Crippen molar-refractivity contribution in [3.8, 4) is 0 Å². The fourth-order valence-corrected chi connectivity index (χ4v) is 2.81. The molecule has 0 aliphatic carbocycles. The van der Waals surface area contributed by atoms with Crippen LogP contribution in [0.25, 0.3) is 0 Å². The van der Waals surface area contributed by atoms with E-state index in [0.29, 0.717) is 23.0 Å². The number of aryl methyl sites for hydroxylation is 1. The summed E-state index contributed by atoms with van der Waals surface area (Å²) in [4.78, 5) is 11.5. The average molecular weight is 321 g/mol. The quantitative estimate of drug-likeness (QED) is 0.831. The van der Waals surface area contributed by atoms with Crippen molar-refractivity contribution in [2.24, 2.45) is 5.92 Å². The molecular weight excluding hydrogens is 294 g/mol. The highest BCUT2D eigenvalue weighted by molar-refractivity contribution is 7.80. The van der Waals surface area contributed by atoms with Gasteiger partial charge in [-0.15, -0.1) is 0 Å². The number of anilines is 2. The third-order valence-electron chi connectivity index (χ3n) is 3.83. The van der Waals surface area contributed by atoms with E-state index in [-0.39, 0.29) is 0 Å². The minimum atomic E-state index is 0.530. The lowest BCUT2D eigenvalue weighted by atomic mass is 10.0. The van der Waals surface area contributed by atoms with Gasteiger partial charge in [-0.1, -0.05) is 13.8 Å². The van der Waals surface area contributed by atoms with Crippen LogP contribution in [0.1, 0.15) is 45.7 Å². The maximum absolute atomic E-state index is 5.30. The summed E-state index contributed by atoms with van der Waals surface area (Å²) in [7, 11) is 0. The number of nitrogens with one attached hydrogen (secondary N) is 2. The summed E-state index contributed by atoms with van der Waals surface area (Å²) in [6.45, 7) is 10.5. The van der Waals surface area contributed by atoms with Gasteiger partial charge in [-0.05, 0) is 51.2 Å². The molecule has 0 bridgehead atoms. The third-order valence-corrected chi connectivity index (χ3v) is 4.08. The maximum Gasteiger partial charge on any atom is 0.231 e. The molecule has 1 aromatic heterocycles. The Morgan fingerprint density at radius 1 is 1.41 bits per heavy atom. The van der Waals surface area contributed by atoms with Gasteiger partial charge in [0.1, 0.15) is 5.82 Å². The van der Waals surface area contributed by atoms with Gasteiger partial charge >= 0.3 is 0 Å². The molecule has 5 nitrogen and oxygen atoms in total. The van der Waals surface area contributed by atoms with Gasteiger partial charge in [0.25, 0.3) is 0 Å². The zero-order valence-corrected chi connectivity index (χ0v) is 14.8. The van der Waals surface area contributed by atoms with Crippen molar-refractivity contribution in [2.45, 2.75) is 53.0 Å². The smallest absolute Gasteiger partial charge is 0.231 e. The molecule has 2 N–H and O–H groups in total. The Labute approximate surface area is 138 Å². The van der Waals surface area contributed by atoms with Crippen molar-refractivity contribution in [1.29, 1.82) is 0 Å². The number of rotatable bonds is 4. The van der Waals surface area contributed by atoms with Gasteiger partial charge in [-0.3, -0.25) is 0 Å². The molecule has 0 saturated carbocycles. The molecule has 6 heteroatoms. The highest BCUT2D eigenvalue weighted by Gasteiger charge is 2.20. The van der Waals surface area contributed by atoms with Crippen LogP contribution in [-0.2, 0) is 0 Å². The molecule has 1 fully saturated rings. The van der Waals surface area contributed by atoms with E-state index >= 15 is 0 Å². The van der Waals surface area contributed by atoms with Gasteiger partial charge in [-0.25, -0.2) is 4.98 Å². The van der Waals surface area contributed by atoms with Crippen molar-refractivity contribution >= 4 is 29.1 Å². The number of piperidine rings is 1. The van der Waals surface area contributed by atoms with Crippen molar-refractivity contribution in [3.05, 3.63) is 11.8 Å². The Morgan fingerprint density at radius 2 is 2.18 bits per heavy atom. The zero-order valence-electron chi connectivity index (χ0n) is 14.0. The second-order valence-corrected chi connectivity index (χ2v) is 6.87. The SMILES string of the molecule is Cc1cc(N2CCCC[C@@H]2C)nc(NC(=S)NCC(C)C)n1. The molecular formula is C16H27N5S. The summed E-state index contributed by atoms with van der Waals surface area (Å²) < 4.78 is 0. The highest BCUT2D eigenvalue weighted by atomic mass is 32.1. The summed E-state index contributed by atoms with van der Waals surface area (Å²) in [5, 5.41) is 6.87. The summed E-state index contributed by atoms with van der Waals surface area (Å²) in [6, 6.07) is 2.58. The van der Waals surface area contributed by atoms with Crippen LogP contribution in [0, 0.1) is 12.8 Å². The summed E-state index contributed by atoms with van der Waals surface area (Å²) in [6.07, 6.45) is 3.75. The van der Waals surface area contributed by atoms with E-state index in [1.54, 1.807) is 0 Å². The van der Waals surface area contributed by atoms with Gasteiger partial charge in [0.05, 0.1) is 0 Å². The predicted molar refractivity (Wildman–Crippen MR) is 96.5 cm³/mol. The molecule has 0 radical (unpaired) electrons. The average Bonchev–Trinajstić information content (AvgIpc) is 2.45. The summed E-state index contributed by atoms with van der Waals surface area (Å²) >= 11 is 5.30. The second kappa shape index (κ2) is 7.72. The molecule has 1 saturated heterocycles. The molecule has 1 atom stereocenters. The first-order valence-corrected chi connectivity index (χ1v) is 8.53. The van der Waals surface area contributed by atoms with Crippen LogP contribution in [0.3, 0.4) is 0 Å². The molecule has 1 aromatic rings. The van der Waals surface area contributed by atoms with Gasteiger partial charge in [0.2, 0.25) is 5.95 Å². The molecule has 2 rings (SSSR count). The van der Waals surface area contributed by atoms with E-state index in [4.69, 9.17) is 12.2 Å². The van der Waals surface area contributed by atoms with Crippen LogP contribution >= 0.6 is 12.2 Å². The Bertz CT molecular complexity index is 517. The van der Waals surface area contributed by atoms with Crippen molar-refractivity contribution in [1.82, 2.24) is 15.3 Å². The van der Waals surface area contributed by atoms with E-state index in [1.807, 2.05) is 6.92 Å². The zero-order chi connectivity index (χ0) is 16.1. The largest absolute Gasteiger partial charge is 0.362 e. The Hall–Kier alpha value is -1.43. The summed E-state index contributed by atoms with van der Waals surface area (Å²) in [5.41, 5.74) is 0.955. The van der Waals surface area contributed by atoms with Crippen LogP contribution in [0.15, 0.2) is 6.07 Å². The van der Waals surface area contributed by atoms with Crippen molar-refractivity contribution in [2.75, 3.05) is 23.3 Å². The van der Waals surface area contributed by atoms with E-state index < -0.39 is 0 Å². The molecule has 0 aromatic carbocycles. The van der Waals surface area contributed by atoms with Gasteiger partial charge in [0.15, 0.2) is 5.11 Å². The second-order valence-electron chi connectivity index (χ2n) is 6.46. The number of aromatic nitrogens is 2. The molecule has 2 heterocycles. The van der Waals surface area contributed by atoms with Crippen LogP contribution < -0.4 is 15.5 Å². The molecule has 122 valence electrons. The first-order chi connectivity index (χ1) is 10.5. The molecule has 0 amide bonds. The van der Waals surface area contributed by atoms with Gasteiger partial charge in [0, 0.05) is 30.9 Å². The lowest BCUT2D eigenvalue weighted by molar-refractivity contribution is 0.481. The molecule has 1 aliphatic rings. The molecule has 0 spiro atoms. The number of hydrogen-bond acceptors (Lipinski definition) is 4. The van der Waals surface area contributed by atoms with E-state index in [0.717, 1.165) is 24.6 Å². The fraction of sp³-hybridized carbons (Fsp3) is 0.688. The Kier molecular flexibility index (Phi) is 5.94. The number of nitrogens with zero attached hydrogens (tertiary/aromatic N) is 3. The van der Waals surface area contributed by atoms with E-state index in [9.17, 15) is 0 Å². The lowest BCUT2D eigenvalue weighted by Gasteiger charge is -2.34. The van der Waals surface area contributed by atoms with Crippen LogP contribution in [-0.4, -0.2) is 34.2 Å². The van der Waals surface area contributed by atoms with E-state index in [2.05, 4.69) is 52.3 Å². The van der Waals surface area contributed by atoms with Crippen LogP contribution in [0.4, 0.5) is 11.8 Å². The molecule has 0 unspecified atom stereocenters. The standard InChI is InChI=1S/C16H27N5S/c1-11(2)10-17-16(22)20-15-18-12(3)9-14(19-15)21-8-6-5-7-13(21)4/h9,11,13H,5-8,10H2,1-4H3,(H2,17,18,19,20,22)/t13-/m0/s1. The van der Waals surface area contributed by atoms with Crippen LogP contribution in [0.5, 0.6) is 0 Å². The lowest BCUT2D eigenvalue weighted by Crippen LogP contribution is -2.38. The van der Waals surface area contributed by atoms with Gasteiger partial charge in [-0.2, -0.15) is 4.98 Å². The minimum Gasteiger partial charge on any atom is -0.362 e. The predicted octanol–water partition coefficient (Wildman–Crippen LogP) is 3.11. The van der Waals surface area contributed by atoms with Gasteiger partial charge < -0.3 is 15.5 Å². The topological polar surface area (TPSA) is 53.1 Å². The Morgan fingerprint density at radius 3 is 2.86 bits per heavy atom. The molecule has 1 aliphatic heterocycles. The first kappa shape index (κ1) is 16.9.